The Hall–Kier alpha value is -0.770. The van der Waals surface area contributed by atoms with Crippen LogP contribution in [0.3, 0.4) is 0 Å². The predicted octanol–water partition coefficient (Wildman–Crippen LogP) is 2.63. The molecule has 3 nitrogen and oxygen atoms in total. The maximum absolute atomic E-state index is 5.87. The van der Waals surface area contributed by atoms with Crippen molar-refractivity contribution in [3.63, 3.8) is 0 Å². The zero-order valence-electron chi connectivity index (χ0n) is 9.29. The fourth-order valence-corrected chi connectivity index (χ4v) is 3.00. The van der Waals surface area contributed by atoms with Gasteiger partial charge in [-0.25, -0.2) is 9.97 Å². The molecule has 15 heavy (non-hydrogen) atoms. The Morgan fingerprint density at radius 2 is 2.07 bits per heavy atom. The fourth-order valence-electron chi connectivity index (χ4n) is 1.76. The molecular formula is C11H17N3S. The first-order chi connectivity index (χ1) is 7.18. The monoisotopic (exact) mass is 223 g/mol. The summed E-state index contributed by atoms with van der Waals surface area (Å²) in [5.74, 6) is 2.80. The summed E-state index contributed by atoms with van der Waals surface area (Å²) in [6.07, 6.45) is 3.79. The van der Waals surface area contributed by atoms with Gasteiger partial charge in [-0.2, -0.15) is 11.8 Å². The van der Waals surface area contributed by atoms with E-state index >= 15 is 0 Å². The van der Waals surface area contributed by atoms with Crippen molar-refractivity contribution in [3.05, 3.63) is 17.1 Å². The van der Waals surface area contributed by atoms with Gasteiger partial charge in [-0.3, -0.25) is 0 Å². The Balaban J connectivity index is 2.27. The molecule has 1 saturated heterocycles. The highest BCUT2D eigenvalue weighted by atomic mass is 32.2. The molecular weight excluding hydrogens is 206 g/mol. The Bertz CT molecular complexity index is 336. The molecule has 1 aliphatic rings. The van der Waals surface area contributed by atoms with Crippen molar-refractivity contribution in [2.75, 3.05) is 11.5 Å². The maximum Gasteiger partial charge on any atom is 0.143 e. The third-order valence-corrected chi connectivity index (χ3v) is 4.29. The first-order valence-electron chi connectivity index (χ1n) is 5.40. The number of aromatic nitrogens is 2. The molecule has 0 bridgehead atoms. The molecule has 4 heteroatoms. The molecule has 2 N–H and O–H groups in total. The van der Waals surface area contributed by atoms with Gasteiger partial charge in [0.05, 0.1) is 5.25 Å². The van der Waals surface area contributed by atoms with Gasteiger partial charge in [0.25, 0.3) is 0 Å². The van der Waals surface area contributed by atoms with Gasteiger partial charge in [0.15, 0.2) is 0 Å². The third-order valence-electron chi connectivity index (χ3n) is 2.91. The lowest BCUT2D eigenvalue weighted by Gasteiger charge is -2.20. The van der Waals surface area contributed by atoms with Crippen molar-refractivity contribution < 1.29 is 0 Å². The summed E-state index contributed by atoms with van der Waals surface area (Å²) >= 11 is 1.96. The van der Waals surface area contributed by atoms with E-state index in [0.717, 1.165) is 17.1 Å². The molecule has 1 unspecified atom stereocenters. The molecule has 2 rings (SSSR count). The Morgan fingerprint density at radius 3 is 2.67 bits per heavy atom. The first kappa shape index (κ1) is 10.7. The number of thioether (sulfide) groups is 1. The summed E-state index contributed by atoms with van der Waals surface area (Å²) in [6, 6.07) is 0. The SMILES string of the molecule is Cc1nc(C2CCCCS2)nc(N)c1C. The quantitative estimate of drug-likeness (QED) is 0.795. The number of aryl methyl sites for hydroxylation is 1. The molecule has 82 valence electrons. The molecule has 0 radical (unpaired) electrons. The third kappa shape index (κ3) is 2.25. The highest BCUT2D eigenvalue weighted by Crippen LogP contribution is 2.37. The van der Waals surface area contributed by atoms with Crippen molar-refractivity contribution in [1.29, 1.82) is 0 Å². The summed E-state index contributed by atoms with van der Waals surface area (Å²) in [5.41, 5.74) is 7.90. The van der Waals surface area contributed by atoms with E-state index in [-0.39, 0.29) is 0 Å². The summed E-state index contributed by atoms with van der Waals surface area (Å²) < 4.78 is 0. The molecule has 2 heterocycles. The van der Waals surface area contributed by atoms with Gasteiger partial charge in [0, 0.05) is 11.3 Å². The van der Waals surface area contributed by atoms with Crippen LogP contribution in [-0.4, -0.2) is 15.7 Å². The molecule has 1 fully saturated rings. The average Bonchev–Trinajstić information content (AvgIpc) is 2.26. The number of nitrogen functional groups attached to an aromatic ring is 1. The van der Waals surface area contributed by atoms with Crippen molar-refractivity contribution in [2.24, 2.45) is 0 Å². The summed E-state index contributed by atoms with van der Waals surface area (Å²) in [7, 11) is 0. The number of anilines is 1. The minimum absolute atomic E-state index is 0.459. The second kappa shape index (κ2) is 4.39. The first-order valence-corrected chi connectivity index (χ1v) is 6.45. The Kier molecular flexibility index (Phi) is 3.14. The van der Waals surface area contributed by atoms with E-state index in [1.165, 1.54) is 25.0 Å². The van der Waals surface area contributed by atoms with E-state index in [9.17, 15) is 0 Å². The van der Waals surface area contributed by atoms with E-state index in [1.54, 1.807) is 0 Å². The summed E-state index contributed by atoms with van der Waals surface area (Å²) in [6.45, 7) is 3.98. The van der Waals surface area contributed by atoms with Gasteiger partial charge in [0.1, 0.15) is 11.6 Å². The maximum atomic E-state index is 5.87. The van der Waals surface area contributed by atoms with Crippen LogP contribution in [-0.2, 0) is 0 Å². The van der Waals surface area contributed by atoms with Gasteiger partial charge in [-0.05, 0) is 32.4 Å². The van der Waals surface area contributed by atoms with Crippen molar-refractivity contribution >= 4 is 17.6 Å². The molecule has 1 aromatic rings. The lowest BCUT2D eigenvalue weighted by molar-refractivity contribution is 0.660. The second-order valence-corrected chi connectivity index (χ2v) is 5.34. The smallest absolute Gasteiger partial charge is 0.143 e. The lowest BCUT2D eigenvalue weighted by Crippen LogP contribution is -2.10. The van der Waals surface area contributed by atoms with Crippen LogP contribution in [0.25, 0.3) is 0 Å². The molecule has 1 aromatic heterocycles. The van der Waals surface area contributed by atoms with Gasteiger partial charge >= 0.3 is 0 Å². The number of nitrogens with zero attached hydrogens (tertiary/aromatic N) is 2. The number of rotatable bonds is 1. The van der Waals surface area contributed by atoms with Crippen LogP contribution in [0.15, 0.2) is 0 Å². The van der Waals surface area contributed by atoms with Gasteiger partial charge in [-0.1, -0.05) is 6.42 Å². The largest absolute Gasteiger partial charge is 0.383 e. The number of hydrogen-bond acceptors (Lipinski definition) is 4. The molecule has 0 aliphatic carbocycles. The molecule has 0 saturated carbocycles. The molecule has 0 aromatic carbocycles. The highest BCUT2D eigenvalue weighted by Gasteiger charge is 2.19. The van der Waals surface area contributed by atoms with Crippen LogP contribution in [0.4, 0.5) is 5.82 Å². The second-order valence-electron chi connectivity index (χ2n) is 4.03. The zero-order valence-corrected chi connectivity index (χ0v) is 10.1. The normalized spacial score (nSPS) is 21.6. The molecule has 1 atom stereocenters. The van der Waals surface area contributed by atoms with E-state index in [4.69, 9.17) is 5.73 Å². The van der Waals surface area contributed by atoms with E-state index in [0.29, 0.717) is 11.1 Å². The van der Waals surface area contributed by atoms with Gasteiger partial charge < -0.3 is 5.73 Å². The highest BCUT2D eigenvalue weighted by molar-refractivity contribution is 7.99. The van der Waals surface area contributed by atoms with Crippen LogP contribution >= 0.6 is 11.8 Å². The summed E-state index contributed by atoms with van der Waals surface area (Å²) in [5, 5.41) is 0.459. The average molecular weight is 223 g/mol. The van der Waals surface area contributed by atoms with E-state index in [1.807, 2.05) is 25.6 Å². The van der Waals surface area contributed by atoms with E-state index < -0.39 is 0 Å². The molecule has 0 amide bonds. The van der Waals surface area contributed by atoms with Crippen molar-refractivity contribution in [3.8, 4) is 0 Å². The van der Waals surface area contributed by atoms with Crippen LogP contribution in [0.5, 0.6) is 0 Å². The Morgan fingerprint density at radius 1 is 1.27 bits per heavy atom. The minimum Gasteiger partial charge on any atom is -0.383 e. The molecule has 1 aliphatic heterocycles. The van der Waals surface area contributed by atoms with Crippen LogP contribution in [0.2, 0.25) is 0 Å². The van der Waals surface area contributed by atoms with Crippen LogP contribution < -0.4 is 5.73 Å². The van der Waals surface area contributed by atoms with Crippen LogP contribution in [0, 0.1) is 13.8 Å². The van der Waals surface area contributed by atoms with Gasteiger partial charge in [-0.15, -0.1) is 0 Å². The van der Waals surface area contributed by atoms with E-state index in [2.05, 4.69) is 9.97 Å². The predicted molar refractivity (Wildman–Crippen MR) is 65.0 cm³/mol. The van der Waals surface area contributed by atoms with Crippen molar-refractivity contribution in [2.45, 2.75) is 38.4 Å². The Labute approximate surface area is 94.9 Å². The fraction of sp³-hybridized carbons (Fsp3) is 0.636. The minimum atomic E-state index is 0.459. The van der Waals surface area contributed by atoms with Gasteiger partial charge in [0.2, 0.25) is 0 Å². The number of hydrogen-bond donors (Lipinski definition) is 1. The topological polar surface area (TPSA) is 51.8 Å². The summed E-state index contributed by atoms with van der Waals surface area (Å²) in [4.78, 5) is 8.95. The lowest BCUT2D eigenvalue weighted by atomic mass is 10.1. The number of nitrogens with two attached hydrogens (primary N) is 1. The molecule has 0 spiro atoms. The van der Waals surface area contributed by atoms with Crippen molar-refractivity contribution in [1.82, 2.24) is 9.97 Å². The zero-order chi connectivity index (χ0) is 10.8. The van der Waals surface area contributed by atoms with Crippen LogP contribution in [0.1, 0.15) is 41.6 Å². The standard InChI is InChI=1S/C11H17N3S/c1-7-8(2)13-11(14-10(7)12)9-5-3-4-6-15-9/h9H,3-6H2,1-2H3,(H2,12,13,14).